The summed E-state index contributed by atoms with van der Waals surface area (Å²) in [6.07, 6.45) is 0.863. The van der Waals surface area contributed by atoms with Gasteiger partial charge in [-0.1, -0.05) is 17.5 Å². The summed E-state index contributed by atoms with van der Waals surface area (Å²) in [6.45, 7) is 9.10. The molecular formula is C18H30N4O4S. The Morgan fingerprint density at radius 1 is 1.22 bits per heavy atom. The van der Waals surface area contributed by atoms with Gasteiger partial charge in [-0.3, -0.25) is 9.63 Å². The number of nitrogens with zero attached hydrogens (tertiary/aromatic N) is 3. The first kappa shape index (κ1) is 21.8. The van der Waals surface area contributed by atoms with Gasteiger partial charge in [0.2, 0.25) is 0 Å². The fraction of sp³-hybridized carbons (Fsp3) is 0.611. The van der Waals surface area contributed by atoms with E-state index < -0.39 is 10.0 Å². The van der Waals surface area contributed by atoms with Crippen molar-refractivity contribution in [3.8, 4) is 0 Å². The van der Waals surface area contributed by atoms with Gasteiger partial charge in [0.1, 0.15) is 0 Å². The van der Waals surface area contributed by atoms with E-state index in [9.17, 15) is 13.2 Å². The summed E-state index contributed by atoms with van der Waals surface area (Å²) in [6, 6.07) is 5.96. The number of nitrogens with one attached hydrogen (secondary N) is 1. The normalized spacial score (nSPS) is 16.6. The largest absolute Gasteiger partial charge is 0.352 e. The van der Waals surface area contributed by atoms with Crippen LogP contribution in [-0.2, 0) is 14.9 Å². The Balaban J connectivity index is 1.82. The van der Waals surface area contributed by atoms with Crippen molar-refractivity contribution in [3.05, 3.63) is 29.8 Å². The number of likely N-dealkylation sites (N-methyl/N-ethyl adjacent to an activating group) is 1. The highest BCUT2D eigenvalue weighted by Crippen LogP contribution is 2.16. The molecule has 1 heterocycles. The predicted molar refractivity (Wildman–Crippen MR) is 104 cm³/mol. The molecule has 0 aromatic heterocycles. The number of sulfonamides is 1. The first-order valence-corrected chi connectivity index (χ1v) is 10.7. The van der Waals surface area contributed by atoms with Gasteiger partial charge in [0, 0.05) is 45.3 Å². The first-order chi connectivity index (χ1) is 12.9. The molecule has 27 heavy (non-hydrogen) atoms. The van der Waals surface area contributed by atoms with Crippen LogP contribution in [0.15, 0.2) is 29.2 Å². The third-order valence-electron chi connectivity index (χ3n) is 4.84. The Hall–Kier alpha value is -1.52. The molecule has 0 spiro atoms. The lowest BCUT2D eigenvalue weighted by atomic mass is 10.2. The van der Waals surface area contributed by atoms with Crippen LogP contribution in [0, 0.1) is 0 Å². The van der Waals surface area contributed by atoms with Crippen molar-refractivity contribution in [1.82, 2.24) is 19.6 Å². The Morgan fingerprint density at radius 2 is 1.89 bits per heavy atom. The minimum absolute atomic E-state index is 0.0216. The van der Waals surface area contributed by atoms with E-state index >= 15 is 0 Å². The Kier molecular flexibility index (Phi) is 8.18. The molecule has 0 radical (unpaired) electrons. The molecule has 1 aromatic rings. The van der Waals surface area contributed by atoms with E-state index in [0.29, 0.717) is 12.1 Å². The zero-order valence-electron chi connectivity index (χ0n) is 16.3. The van der Waals surface area contributed by atoms with E-state index in [2.05, 4.69) is 22.0 Å². The fourth-order valence-electron chi connectivity index (χ4n) is 2.98. The molecule has 152 valence electrons. The molecule has 8 nitrogen and oxygen atoms in total. The van der Waals surface area contributed by atoms with Gasteiger partial charge in [0.15, 0.2) is 0 Å². The molecule has 1 aliphatic heterocycles. The van der Waals surface area contributed by atoms with E-state index in [4.69, 9.17) is 4.84 Å². The highest BCUT2D eigenvalue weighted by atomic mass is 32.2. The van der Waals surface area contributed by atoms with Gasteiger partial charge in [0.25, 0.3) is 15.9 Å². The van der Waals surface area contributed by atoms with Gasteiger partial charge in [-0.25, -0.2) is 8.42 Å². The van der Waals surface area contributed by atoms with Gasteiger partial charge in [-0.15, -0.1) is 0 Å². The topological polar surface area (TPSA) is 82.2 Å². The number of rotatable bonds is 9. The van der Waals surface area contributed by atoms with E-state index in [1.165, 1.54) is 26.3 Å². The first-order valence-electron chi connectivity index (χ1n) is 9.24. The van der Waals surface area contributed by atoms with Crippen molar-refractivity contribution in [2.24, 2.45) is 0 Å². The van der Waals surface area contributed by atoms with Crippen LogP contribution >= 0.6 is 0 Å². The van der Waals surface area contributed by atoms with Crippen molar-refractivity contribution in [2.45, 2.75) is 18.2 Å². The van der Waals surface area contributed by atoms with Gasteiger partial charge < -0.3 is 15.1 Å². The van der Waals surface area contributed by atoms with Crippen LogP contribution < -0.4 is 5.32 Å². The van der Waals surface area contributed by atoms with E-state index in [1.807, 2.05) is 0 Å². The molecule has 0 saturated carbocycles. The van der Waals surface area contributed by atoms with Gasteiger partial charge in [-0.2, -0.15) is 0 Å². The highest BCUT2D eigenvalue weighted by Gasteiger charge is 2.22. The smallest absolute Gasteiger partial charge is 0.264 e. The summed E-state index contributed by atoms with van der Waals surface area (Å²) in [5.41, 5.74) is 0.317. The average molecular weight is 399 g/mol. The third kappa shape index (κ3) is 5.98. The molecular weight excluding hydrogens is 368 g/mol. The zero-order valence-corrected chi connectivity index (χ0v) is 17.2. The van der Waals surface area contributed by atoms with Crippen LogP contribution in [0.1, 0.15) is 23.7 Å². The minimum Gasteiger partial charge on any atom is -0.352 e. The molecule has 0 unspecified atom stereocenters. The summed E-state index contributed by atoms with van der Waals surface area (Å²) in [5, 5.41) is 2.86. The minimum atomic E-state index is -3.77. The number of carbonyl (C=O) groups excluding carboxylic acids is 1. The number of hydrogen-bond donors (Lipinski definition) is 1. The second-order valence-electron chi connectivity index (χ2n) is 6.51. The summed E-state index contributed by atoms with van der Waals surface area (Å²) in [7, 11) is -1.19. The zero-order chi connectivity index (χ0) is 19.9. The number of carbonyl (C=O) groups is 1. The monoisotopic (exact) mass is 398 g/mol. The van der Waals surface area contributed by atoms with Crippen molar-refractivity contribution in [1.29, 1.82) is 0 Å². The average Bonchev–Trinajstić information content (AvgIpc) is 2.70. The molecule has 1 N–H and O–H groups in total. The van der Waals surface area contributed by atoms with Crippen LogP contribution in [0.5, 0.6) is 0 Å². The molecule has 1 aromatic carbocycles. The molecule has 0 atom stereocenters. The lowest BCUT2D eigenvalue weighted by molar-refractivity contribution is -0.0258. The number of benzene rings is 1. The standard InChI is InChI=1S/C18H30N4O4S/c1-4-21-11-13-22(14-12-21)10-6-9-19-18(23)16-7-5-8-17(15-16)27(24,25)20(2)26-3/h5,7-8,15H,4,6,9-14H2,1-3H3,(H,19,23). The number of piperazine rings is 1. The van der Waals surface area contributed by atoms with Gasteiger partial charge >= 0.3 is 0 Å². The predicted octanol–water partition coefficient (Wildman–Crippen LogP) is 0.626. The number of hydroxylamine groups is 1. The maximum Gasteiger partial charge on any atom is 0.264 e. The summed E-state index contributed by atoms with van der Waals surface area (Å²) in [4.78, 5) is 21.9. The van der Waals surface area contributed by atoms with Gasteiger partial charge in [-0.05, 0) is 37.7 Å². The van der Waals surface area contributed by atoms with E-state index in [1.54, 1.807) is 12.1 Å². The third-order valence-corrected chi connectivity index (χ3v) is 6.51. The number of hydrogen-bond acceptors (Lipinski definition) is 6. The SMILES string of the molecule is CCN1CCN(CCCNC(=O)c2cccc(S(=O)(=O)N(C)OC)c2)CC1. The summed E-state index contributed by atoms with van der Waals surface area (Å²) < 4.78 is 25.3. The summed E-state index contributed by atoms with van der Waals surface area (Å²) >= 11 is 0. The molecule has 1 saturated heterocycles. The molecule has 0 aliphatic carbocycles. The van der Waals surface area contributed by atoms with Crippen molar-refractivity contribution < 1.29 is 18.0 Å². The van der Waals surface area contributed by atoms with Crippen LogP contribution in [0.3, 0.4) is 0 Å². The Labute approximate surface area is 162 Å². The van der Waals surface area contributed by atoms with Crippen LogP contribution in [0.25, 0.3) is 0 Å². The summed E-state index contributed by atoms with van der Waals surface area (Å²) in [5.74, 6) is -0.275. The van der Waals surface area contributed by atoms with Gasteiger partial charge in [0.05, 0.1) is 12.0 Å². The highest BCUT2D eigenvalue weighted by molar-refractivity contribution is 7.89. The lowest BCUT2D eigenvalue weighted by Gasteiger charge is -2.33. The Morgan fingerprint density at radius 3 is 2.52 bits per heavy atom. The van der Waals surface area contributed by atoms with Crippen LogP contribution in [0.4, 0.5) is 0 Å². The van der Waals surface area contributed by atoms with Crippen molar-refractivity contribution >= 4 is 15.9 Å². The molecule has 9 heteroatoms. The number of amides is 1. The molecule has 1 amide bonds. The lowest BCUT2D eigenvalue weighted by Crippen LogP contribution is -2.46. The Bertz CT molecular complexity index is 718. The molecule has 1 aliphatic rings. The fourth-order valence-corrected chi connectivity index (χ4v) is 4.00. The van der Waals surface area contributed by atoms with E-state index in [-0.39, 0.29) is 10.8 Å². The van der Waals surface area contributed by atoms with Crippen LogP contribution in [0.2, 0.25) is 0 Å². The quantitative estimate of drug-likeness (QED) is 0.485. The van der Waals surface area contributed by atoms with Crippen molar-refractivity contribution in [3.63, 3.8) is 0 Å². The maximum absolute atomic E-state index is 12.3. The molecule has 1 fully saturated rings. The second kappa shape index (κ2) is 10.1. The van der Waals surface area contributed by atoms with Crippen LogP contribution in [-0.4, -0.2) is 88.6 Å². The second-order valence-corrected chi connectivity index (χ2v) is 8.45. The molecule has 2 rings (SSSR count). The van der Waals surface area contributed by atoms with Crippen molar-refractivity contribution in [2.75, 3.05) is 60.0 Å². The maximum atomic E-state index is 12.3. The van der Waals surface area contributed by atoms with E-state index in [0.717, 1.165) is 50.2 Å². The molecule has 0 bridgehead atoms.